The van der Waals surface area contributed by atoms with Gasteiger partial charge in [0.05, 0.1) is 5.56 Å². The summed E-state index contributed by atoms with van der Waals surface area (Å²) in [5.41, 5.74) is 1.58. The number of nitrogens with zero attached hydrogens (tertiary/aromatic N) is 2. The van der Waals surface area contributed by atoms with Crippen LogP contribution in [0.2, 0.25) is 0 Å². The standard InChI is InChI=1S/C19H12F2N2O2.C2H6/c1-23-10-13(9-22)17(18(23)19(24)25)12-4-2-11(3-5-12)15-8-14(20)6-7-16(15)21;1-2/h2-8,10H,1H3,(H,24,25);1-2H3. The molecule has 3 rings (SSSR count). The lowest BCUT2D eigenvalue weighted by atomic mass is 9.98. The average Bonchev–Trinajstić information content (AvgIpc) is 3.02. The summed E-state index contributed by atoms with van der Waals surface area (Å²) in [5.74, 6) is -2.26. The van der Waals surface area contributed by atoms with Crippen LogP contribution in [0.15, 0.2) is 48.7 Å². The molecule has 2 aromatic carbocycles. The maximum Gasteiger partial charge on any atom is 0.353 e. The highest BCUT2D eigenvalue weighted by Gasteiger charge is 2.21. The van der Waals surface area contributed by atoms with Crippen molar-refractivity contribution in [3.8, 4) is 28.3 Å². The van der Waals surface area contributed by atoms with Gasteiger partial charge in [-0.05, 0) is 29.3 Å². The van der Waals surface area contributed by atoms with Crippen molar-refractivity contribution in [2.75, 3.05) is 0 Å². The highest BCUT2D eigenvalue weighted by atomic mass is 19.1. The van der Waals surface area contributed by atoms with Gasteiger partial charge >= 0.3 is 5.97 Å². The fourth-order valence-electron chi connectivity index (χ4n) is 2.80. The van der Waals surface area contributed by atoms with Crippen LogP contribution in [-0.2, 0) is 7.05 Å². The molecule has 0 atom stereocenters. The number of hydrogen-bond acceptors (Lipinski definition) is 2. The first kappa shape index (κ1) is 19.9. The van der Waals surface area contributed by atoms with Gasteiger partial charge in [-0.25, -0.2) is 13.6 Å². The molecular formula is C21H18F2N2O2. The Balaban J connectivity index is 0.00000126. The van der Waals surface area contributed by atoms with E-state index in [1.54, 1.807) is 31.3 Å². The number of carboxylic acid groups (broad SMARTS) is 1. The summed E-state index contributed by atoms with van der Waals surface area (Å²) < 4.78 is 28.6. The SMILES string of the molecule is CC.Cn1cc(C#N)c(-c2ccc(-c3cc(F)ccc3F)cc2)c1C(=O)O. The van der Waals surface area contributed by atoms with Crippen molar-refractivity contribution < 1.29 is 18.7 Å². The number of benzene rings is 2. The summed E-state index contributed by atoms with van der Waals surface area (Å²) in [6, 6.07) is 11.5. The fraction of sp³-hybridized carbons (Fsp3) is 0.143. The number of aromatic carboxylic acids is 1. The van der Waals surface area contributed by atoms with E-state index < -0.39 is 17.6 Å². The van der Waals surface area contributed by atoms with Crippen molar-refractivity contribution in [2.45, 2.75) is 13.8 Å². The molecule has 27 heavy (non-hydrogen) atoms. The van der Waals surface area contributed by atoms with Gasteiger partial charge < -0.3 is 9.67 Å². The molecule has 0 spiro atoms. The number of carboxylic acids is 1. The number of aryl methyl sites for hydroxylation is 1. The van der Waals surface area contributed by atoms with Crippen molar-refractivity contribution in [3.63, 3.8) is 0 Å². The lowest BCUT2D eigenvalue weighted by Crippen LogP contribution is -2.05. The Kier molecular flexibility index (Phi) is 6.09. The van der Waals surface area contributed by atoms with Crippen LogP contribution in [0, 0.1) is 23.0 Å². The first-order chi connectivity index (χ1) is 12.9. The van der Waals surface area contributed by atoms with Crippen LogP contribution in [0.5, 0.6) is 0 Å². The van der Waals surface area contributed by atoms with Crippen molar-refractivity contribution in [2.24, 2.45) is 7.05 Å². The molecule has 4 nitrogen and oxygen atoms in total. The van der Waals surface area contributed by atoms with E-state index in [1.165, 1.54) is 10.8 Å². The molecule has 0 fully saturated rings. The average molecular weight is 368 g/mol. The Morgan fingerprint density at radius 1 is 1.07 bits per heavy atom. The number of aromatic nitrogens is 1. The van der Waals surface area contributed by atoms with Crippen LogP contribution in [0.4, 0.5) is 8.78 Å². The van der Waals surface area contributed by atoms with Crippen molar-refractivity contribution in [1.82, 2.24) is 4.57 Å². The second kappa shape index (κ2) is 8.28. The van der Waals surface area contributed by atoms with Gasteiger partial charge in [-0.1, -0.05) is 38.1 Å². The molecule has 6 heteroatoms. The summed E-state index contributed by atoms with van der Waals surface area (Å²) >= 11 is 0. The van der Waals surface area contributed by atoms with Gasteiger partial charge in [-0.2, -0.15) is 5.26 Å². The Bertz CT molecular complexity index is 1020. The molecule has 138 valence electrons. The minimum absolute atomic E-state index is 0.0127. The molecular weight excluding hydrogens is 350 g/mol. The molecule has 0 saturated heterocycles. The van der Waals surface area contributed by atoms with Gasteiger partial charge in [0.2, 0.25) is 0 Å². The maximum absolute atomic E-state index is 13.9. The fourth-order valence-corrected chi connectivity index (χ4v) is 2.80. The Labute approximate surface area is 155 Å². The molecule has 0 aliphatic rings. The second-order valence-electron chi connectivity index (χ2n) is 5.50. The third kappa shape index (κ3) is 3.87. The Morgan fingerprint density at radius 3 is 2.22 bits per heavy atom. The Morgan fingerprint density at radius 2 is 1.67 bits per heavy atom. The van der Waals surface area contributed by atoms with E-state index in [1.807, 2.05) is 19.9 Å². The topological polar surface area (TPSA) is 66.0 Å². The molecule has 0 unspecified atom stereocenters. The van der Waals surface area contributed by atoms with Crippen LogP contribution in [0.3, 0.4) is 0 Å². The number of carbonyl (C=O) groups is 1. The third-order valence-corrected chi connectivity index (χ3v) is 3.92. The highest BCUT2D eigenvalue weighted by Crippen LogP contribution is 2.32. The lowest BCUT2D eigenvalue weighted by molar-refractivity contribution is 0.0687. The molecule has 0 aliphatic heterocycles. The van der Waals surface area contributed by atoms with Crippen LogP contribution in [0.1, 0.15) is 29.9 Å². The van der Waals surface area contributed by atoms with E-state index >= 15 is 0 Å². The first-order valence-electron chi connectivity index (χ1n) is 8.31. The van der Waals surface area contributed by atoms with Gasteiger partial charge in [0, 0.05) is 24.4 Å². The number of halogens is 2. The molecule has 0 radical (unpaired) electrons. The van der Waals surface area contributed by atoms with Crippen LogP contribution < -0.4 is 0 Å². The summed E-state index contributed by atoms with van der Waals surface area (Å²) in [4.78, 5) is 11.5. The van der Waals surface area contributed by atoms with Crippen LogP contribution >= 0.6 is 0 Å². The van der Waals surface area contributed by atoms with E-state index in [0.29, 0.717) is 16.7 Å². The zero-order valence-electron chi connectivity index (χ0n) is 15.1. The first-order valence-corrected chi connectivity index (χ1v) is 8.31. The summed E-state index contributed by atoms with van der Waals surface area (Å²) in [7, 11) is 1.55. The molecule has 3 aromatic rings. The second-order valence-corrected chi connectivity index (χ2v) is 5.50. The predicted octanol–water partition coefficient (Wildman–Crippen LogP) is 5.23. The summed E-state index contributed by atoms with van der Waals surface area (Å²) in [6.07, 6.45) is 1.44. The van der Waals surface area contributed by atoms with Crippen LogP contribution in [0.25, 0.3) is 22.3 Å². The minimum Gasteiger partial charge on any atom is -0.477 e. The molecule has 0 aliphatic carbocycles. The third-order valence-electron chi connectivity index (χ3n) is 3.92. The zero-order valence-corrected chi connectivity index (χ0v) is 15.1. The maximum atomic E-state index is 13.9. The van der Waals surface area contributed by atoms with Gasteiger partial charge in [-0.3, -0.25) is 0 Å². The van der Waals surface area contributed by atoms with Gasteiger partial charge in [0.15, 0.2) is 0 Å². The highest BCUT2D eigenvalue weighted by molar-refractivity contribution is 5.96. The molecule has 0 amide bonds. The smallest absolute Gasteiger partial charge is 0.353 e. The van der Waals surface area contributed by atoms with E-state index in [4.69, 9.17) is 0 Å². The van der Waals surface area contributed by atoms with Crippen LogP contribution in [-0.4, -0.2) is 15.6 Å². The molecule has 0 bridgehead atoms. The van der Waals surface area contributed by atoms with Gasteiger partial charge in [0.1, 0.15) is 23.4 Å². The predicted molar refractivity (Wildman–Crippen MR) is 99.2 cm³/mol. The molecule has 1 heterocycles. The molecule has 0 saturated carbocycles. The number of rotatable bonds is 3. The van der Waals surface area contributed by atoms with E-state index in [2.05, 4.69) is 0 Å². The number of hydrogen-bond donors (Lipinski definition) is 1. The monoisotopic (exact) mass is 368 g/mol. The van der Waals surface area contributed by atoms with Gasteiger partial charge in [-0.15, -0.1) is 0 Å². The molecule has 1 N–H and O–H groups in total. The zero-order chi connectivity index (χ0) is 20.1. The lowest BCUT2D eigenvalue weighted by Gasteiger charge is -2.07. The summed E-state index contributed by atoms with van der Waals surface area (Å²) in [5, 5.41) is 18.6. The number of nitriles is 1. The van der Waals surface area contributed by atoms with E-state index in [-0.39, 0.29) is 16.8 Å². The Hall–Kier alpha value is -3.46. The molecule has 1 aromatic heterocycles. The van der Waals surface area contributed by atoms with Crippen molar-refractivity contribution >= 4 is 5.97 Å². The quantitative estimate of drug-likeness (QED) is 0.688. The summed E-state index contributed by atoms with van der Waals surface area (Å²) in [6.45, 7) is 4.00. The normalized spacial score (nSPS) is 9.93. The van der Waals surface area contributed by atoms with Gasteiger partial charge in [0.25, 0.3) is 0 Å². The minimum atomic E-state index is -1.15. The van der Waals surface area contributed by atoms with E-state index in [0.717, 1.165) is 18.2 Å². The van der Waals surface area contributed by atoms with Crippen molar-refractivity contribution in [1.29, 1.82) is 5.26 Å². The van der Waals surface area contributed by atoms with E-state index in [9.17, 15) is 23.9 Å². The van der Waals surface area contributed by atoms with Crippen molar-refractivity contribution in [3.05, 3.63) is 71.6 Å². The largest absolute Gasteiger partial charge is 0.477 e.